The summed E-state index contributed by atoms with van der Waals surface area (Å²) in [5.74, 6) is -0.963. The average molecular weight is 285 g/mol. The molecule has 1 aliphatic carbocycles. The molecule has 0 heterocycles. The SMILES string of the molecule is CC(NC(=O)NCCCCCC(=O)O)C(=O)NC1CC1. The van der Waals surface area contributed by atoms with E-state index < -0.39 is 12.0 Å². The molecule has 0 aromatic heterocycles. The van der Waals surface area contributed by atoms with Crippen LogP contribution in [0.5, 0.6) is 0 Å². The number of carbonyl (C=O) groups excluding carboxylic acids is 2. The van der Waals surface area contributed by atoms with E-state index in [-0.39, 0.29) is 24.4 Å². The molecular formula is C13H23N3O4. The van der Waals surface area contributed by atoms with Gasteiger partial charge in [0.2, 0.25) is 5.91 Å². The predicted molar refractivity (Wildman–Crippen MR) is 73.3 cm³/mol. The topological polar surface area (TPSA) is 108 Å². The van der Waals surface area contributed by atoms with Crippen LogP contribution in [0.3, 0.4) is 0 Å². The third kappa shape index (κ3) is 7.60. The fourth-order valence-electron chi connectivity index (χ4n) is 1.65. The highest BCUT2D eigenvalue weighted by molar-refractivity contribution is 5.86. The highest BCUT2D eigenvalue weighted by Gasteiger charge is 2.26. The summed E-state index contributed by atoms with van der Waals surface area (Å²) in [6, 6.07) is -0.645. The van der Waals surface area contributed by atoms with E-state index in [9.17, 15) is 14.4 Å². The summed E-state index contributed by atoms with van der Waals surface area (Å²) >= 11 is 0. The van der Waals surface area contributed by atoms with Crippen LogP contribution in [0.25, 0.3) is 0 Å². The van der Waals surface area contributed by atoms with Crippen molar-refractivity contribution >= 4 is 17.9 Å². The Bertz CT molecular complexity index is 356. The number of rotatable bonds is 9. The lowest BCUT2D eigenvalue weighted by Crippen LogP contribution is -2.49. The molecule has 0 aliphatic heterocycles. The van der Waals surface area contributed by atoms with Crippen molar-refractivity contribution in [1.29, 1.82) is 0 Å². The summed E-state index contributed by atoms with van der Waals surface area (Å²) in [5, 5.41) is 16.5. The van der Waals surface area contributed by atoms with Gasteiger partial charge >= 0.3 is 12.0 Å². The molecule has 1 fully saturated rings. The van der Waals surface area contributed by atoms with Crippen molar-refractivity contribution in [3.05, 3.63) is 0 Å². The number of carbonyl (C=O) groups is 3. The number of aliphatic carboxylic acids is 1. The first-order chi connectivity index (χ1) is 9.49. The molecule has 20 heavy (non-hydrogen) atoms. The zero-order valence-corrected chi connectivity index (χ0v) is 11.8. The van der Waals surface area contributed by atoms with E-state index in [2.05, 4.69) is 16.0 Å². The van der Waals surface area contributed by atoms with Crippen LogP contribution in [-0.2, 0) is 9.59 Å². The lowest BCUT2D eigenvalue weighted by Gasteiger charge is -2.14. The van der Waals surface area contributed by atoms with E-state index in [1.54, 1.807) is 6.92 Å². The van der Waals surface area contributed by atoms with E-state index in [1.807, 2.05) is 0 Å². The molecule has 1 saturated carbocycles. The van der Waals surface area contributed by atoms with Crippen molar-refractivity contribution in [3.63, 3.8) is 0 Å². The van der Waals surface area contributed by atoms with Crippen LogP contribution in [0.4, 0.5) is 4.79 Å². The van der Waals surface area contributed by atoms with Crippen molar-refractivity contribution in [1.82, 2.24) is 16.0 Å². The van der Waals surface area contributed by atoms with Gasteiger partial charge < -0.3 is 21.1 Å². The molecule has 0 aromatic carbocycles. The molecule has 3 amide bonds. The molecule has 1 aliphatic rings. The van der Waals surface area contributed by atoms with Gasteiger partial charge in [-0.25, -0.2) is 4.79 Å². The zero-order chi connectivity index (χ0) is 15.0. The Labute approximate surface area is 118 Å². The van der Waals surface area contributed by atoms with Crippen LogP contribution in [0.2, 0.25) is 0 Å². The molecule has 7 heteroatoms. The summed E-state index contributed by atoms with van der Waals surface area (Å²) in [5.41, 5.74) is 0. The molecule has 0 saturated heterocycles. The third-order valence-corrected chi connectivity index (χ3v) is 3.02. The Morgan fingerprint density at radius 2 is 1.90 bits per heavy atom. The van der Waals surface area contributed by atoms with Crippen molar-refractivity contribution in [2.75, 3.05) is 6.54 Å². The lowest BCUT2D eigenvalue weighted by molar-refractivity contribution is -0.137. The maximum Gasteiger partial charge on any atom is 0.315 e. The van der Waals surface area contributed by atoms with Gasteiger partial charge in [-0.3, -0.25) is 9.59 Å². The maximum absolute atomic E-state index is 11.6. The Balaban J connectivity index is 2.01. The maximum atomic E-state index is 11.6. The van der Waals surface area contributed by atoms with Gasteiger partial charge in [0.05, 0.1) is 0 Å². The minimum atomic E-state index is -0.800. The minimum Gasteiger partial charge on any atom is -0.481 e. The second kappa shape index (κ2) is 8.39. The molecule has 0 aromatic rings. The third-order valence-electron chi connectivity index (χ3n) is 3.02. The van der Waals surface area contributed by atoms with Gasteiger partial charge in [-0.2, -0.15) is 0 Å². The molecule has 114 valence electrons. The lowest BCUT2D eigenvalue weighted by atomic mass is 10.2. The van der Waals surface area contributed by atoms with Crippen molar-refractivity contribution in [2.45, 2.75) is 57.5 Å². The number of carboxylic acid groups (broad SMARTS) is 1. The monoisotopic (exact) mass is 285 g/mol. The van der Waals surface area contributed by atoms with Crippen molar-refractivity contribution in [2.24, 2.45) is 0 Å². The molecular weight excluding hydrogens is 262 g/mol. The fourth-order valence-corrected chi connectivity index (χ4v) is 1.65. The molecule has 1 rings (SSSR count). The van der Waals surface area contributed by atoms with Crippen LogP contribution in [0.15, 0.2) is 0 Å². The van der Waals surface area contributed by atoms with Crippen LogP contribution in [0.1, 0.15) is 45.4 Å². The standard InChI is InChI=1S/C13H23N3O4/c1-9(12(19)16-10-6-7-10)15-13(20)14-8-4-2-3-5-11(17)18/h9-10H,2-8H2,1H3,(H,16,19)(H,17,18)(H2,14,15,20). The fraction of sp³-hybridized carbons (Fsp3) is 0.769. The van der Waals surface area contributed by atoms with E-state index >= 15 is 0 Å². The largest absolute Gasteiger partial charge is 0.481 e. The van der Waals surface area contributed by atoms with Gasteiger partial charge in [0.15, 0.2) is 0 Å². The first-order valence-electron chi connectivity index (χ1n) is 7.05. The second-order valence-electron chi connectivity index (χ2n) is 5.11. The van der Waals surface area contributed by atoms with Gasteiger partial charge in [0, 0.05) is 19.0 Å². The van der Waals surface area contributed by atoms with E-state index in [0.717, 1.165) is 25.7 Å². The quantitative estimate of drug-likeness (QED) is 0.465. The predicted octanol–water partition coefficient (Wildman–Crippen LogP) is 0.598. The van der Waals surface area contributed by atoms with E-state index in [1.165, 1.54) is 0 Å². The number of unbranched alkanes of at least 4 members (excludes halogenated alkanes) is 2. The molecule has 1 unspecified atom stereocenters. The highest BCUT2D eigenvalue weighted by Crippen LogP contribution is 2.18. The first-order valence-corrected chi connectivity index (χ1v) is 7.05. The Kier molecular flexibility index (Phi) is 6.83. The van der Waals surface area contributed by atoms with Crippen LogP contribution >= 0.6 is 0 Å². The molecule has 7 nitrogen and oxygen atoms in total. The smallest absolute Gasteiger partial charge is 0.315 e. The second-order valence-corrected chi connectivity index (χ2v) is 5.11. The van der Waals surface area contributed by atoms with Gasteiger partial charge in [0.25, 0.3) is 0 Å². The van der Waals surface area contributed by atoms with Gasteiger partial charge in [-0.15, -0.1) is 0 Å². The molecule has 0 bridgehead atoms. The summed E-state index contributed by atoms with van der Waals surface area (Å²) in [4.78, 5) is 33.4. The van der Waals surface area contributed by atoms with E-state index in [4.69, 9.17) is 5.11 Å². The van der Waals surface area contributed by atoms with Crippen LogP contribution < -0.4 is 16.0 Å². The summed E-state index contributed by atoms with van der Waals surface area (Å²) in [6.45, 7) is 2.12. The minimum absolute atomic E-state index is 0.157. The number of nitrogens with one attached hydrogen (secondary N) is 3. The number of hydrogen-bond acceptors (Lipinski definition) is 3. The molecule has 4 N–H and O–H groups in total. The number of hydrogen-bond donors (Lipinski definition) is 4. The molecule has 1 atom stereocenters. The number of urea groups is 1. The Morgan fingerprint density at radius 1 is 1.20 bits per heavy atom. The highest BCUT2D eigenvalue weighted by atomic mass is 16.4. The molecule has 0 spiro atoms. The summed E-state index contributed by atoms with van der Waals surface area (Å²) in [7, 11) is 0. The van der Waals surface area contributed by atoms with Crippen LogP contribution in [0, 0.1) is 0 Å². The Morgan fingerprint density at radius 3 is 2.50 bits per heavy atom. The number of carboxylic acids is 1. The van der Waals surface area contributed by atoms with Crippen molar-refractivity contribution in [3.8, 4) is 0 Å². The number of amides is 3. The zero-order valence-electron chi connectivity index (χ0n) is 11.8. The molecule has 0 radical (unpaired) electrons. The van der Waals surface area contributed by atoms with E-state index in [0.29, 0.717) is 13.0 Å². The van der Waals surface area contributed by atoms with Crippen LogP contribution in [-0.4, -0.2) is 41.6 Å². The van der Waals surface area contributed by atoms with Gasteiger partial charge in [-0.05, 0) is 32.6 Å². The first kappa shape index (κ1) is 16.3. The van der Waals surface area contributed by atoms with Crippen molar-refractivity contribution < 1.29 is 19.5 Å². The average Bonchev–Trinajstić information content (AvgIpc) is 3.17. The summed E-state index contributed by atoms with van der Waals surface area (Å²) < 4.78 is 0. The Hall–Kier alpha value is -1.79. The summed E-state index contributed by atoms with van der Waals surface area (Å²) in [6.07, 6.45) is 4.28. The normalized spacial score (nSPS) is 15.2. The van der Waals surface area contributed by atoms with Gasteiger partial charge in [0.1, 0.15) is 6.04 Å². The van der Waals surface area contributed by atoms with Gasteiger partial charge in [-0.1, -0.05) is 6.42 Å².